The fourth-order valence-corrected chi connectivity index (χ4v) is 2.74. The summed E-state index contributed by atoms with van der Waals surface area (Å²) in [4.78, 5) is 23.2. The molecule has 0 N–H and O–H groups in total. The molecule has 0 radical (unpaired) electrons. The van der Waals surface area contributed by atoms with Crippen LogP contribution in [-0.2, 0) is 32.0 Å². The van der Waals surface area contributed by atoms with Crippen molar-refractivity contribution in [1.82, 2.24) is 0 Å². The van der Waals surface area contributed by atoms with Crippen LogP contribution in [0.1, 0.15) is 40.9 Å². The predicted molar refractivity (Wildman–Crippen MR) is 93.4 cm³/mol. The van der Waals surface area contributed by atoms with Crippen LogP contribution in [-0.4, -0.2) is 39.6 Å². The van der Waals surface area contributed by atoms with E-state index in [4.69, 9.17) is 23.7 Å². The number of allylic oxidation sites excluding steroid dienone is 2. The number of benzene rings is 1. The van der Waals surface area contributed by atoms with E-state index in [0.29, 0.717) is 34.6 Å². The first-order valence-corrected chi connectivity index (χ1v) is 8.23. The van der Waals surface area contributed by atoms with Gasteiger partial charge in [0.2, 0.25) is 0 Å². The third-order valence-corrected chi connectivity index (χ3v) is 4.28. The number of cyclic esters (lactones) is 1. The maximum atomic E-state index is 12.3. The Morgan fingerprint density at radius 2 is 2.04 bits per heavy atom. The highest BCUT2D eigenvalue weighted by Gasteiger charge is 2.33. The minimum atomic E-state index is -0.456. The van der Waals surface area contributed by atoms with Gasteiger partial charge in [-0.2, -0.15) is 0 Å². The molecule has 26 heavy (non-hydrogen) atoms. The van der Waals surface area contributed by atoms with Crippen molar-refractivity contribution in [1.29, 1.82) is 0 Å². The first-order chi connectivity index (χ1) is 12.4. The molecule has 142 valence electrons. The van der Waals surface area contributed by atoms with Crippen LogP contribution >= 0.6 is 0 Å². The first-order valence-electron chi connectivity index (χ1n) is 8.23. The zero-order valence-electron chi connectivity index (χ0n) is 15.7. The monoisotopic (exact) mass is 364 g/mol. The smallest absolute Gasteiger partial charge is 0.342 e. The SMILES string of the molecule is COc1c(C)c2c(c(OCOC(C)OC)c1CC=C(C)C=O)C(=O)OC2. The predicted octanol–water partition coefficient (Wildman–Crippen LogP) is 2.71. The quantitative estimate of drug-likeness (QED) is 0.288. The van der Waals surface area contributed by atoms with Crippen molar-refractivity contribution in [3.8, 4) is 11.5 Å². The van der Waals surface area contributed by atoms with E-state index in [1.165, 1.54) is 7.11 Å². The Hall–Kier alpha value is -2.38. The number of hydrogen-bond donors (Lipinski definition) is 0. The first kappa shape index (κ1) is 19.9. The number of rotatable bonds is 9. The second kappa shape index (κ2) is 8.82. The maximum absolute atomic E-state index is 12.3. The molecule has 0 amide bonds. The lowest BCUT2D eigenvalue weighted by Gasteiger charge is -2.20. The molecule has 1 unspecified atom stereocenters. The molecular weight excluding hydrogens is 340 g/mol. The average molecular weight is 364 g/mol. The second-order valence-electron chi connectivity index (χ2n) is 5.90. The zero-order valence-corrected chi connectivity index (χ0v) is 15.7. The highest BCUT2D eigenvalue weighted by Crippen LogP contribution is 2.42. The summed E-state index contributed by atoms with van der Waals surface area (Å²) < 4.78 is 26.9. The van der Waals surface area contributed by atoms with Crippen molar-refractivity contribution in [3.63, 3.8) is 0 Å². The van der Waals surface area contributed by atoms with Gasteiger partial charge in [-0.15, -0.1) is 0 Å². The molecule has 1 aliphatic rings. The van der Waals surface area contributed by atoms with Gasteiger partial charge in [0.25, 0.3) is 0 Å². The standard InChI is InChI=1S/C19H24O7/c1-11(8-20)6-7-14-17(23-5)12(2)15-9-24-19(21)16(15)18(14)26-10-25-13(3)22-4/h6,8,13H,7,9-10H2,1-5H3. The third kappa shape index (κ3) is 4.05. The van der Waals surface area contributed by atoms with Crippen molar-refractivity contribution >= 4 is 12.3 Å². The van der Waals surface area contributed by atoms with Gasteiger partial charge in [-0.1, -0.05) is 6.08 Å². The van der Waals surface area contributed by atoms with Crippen molar-refractivity contribution in [3.05, 3.63) is 33.9 Å². The lowest BCUT2D eigenvalue weighted by atomic mass is 9.95. The Bertz CT molecular complexity index is 721. The Morgan fingerprint density at radius 3 is 2.65 bits per heavy atom. The second-order valence-corrected chi connectivity index (χ2v) is 5.90. The molecule has 0 fully saturated rings. The van der Waals surface area contributed by atoms with Gasteiger partial charge < -0.3 is 23.7 Å². The number of carbonyl (C=O) groups is 2. The topological polar surface area (TPSA) is 80.3 Å². The lowest BCUT2D eigenvalue weighted by Crippen LogP contribution is -2.16. The molecule has 0 saturated carbocycles. The Labute approximate surface area is 152 Å². The highest BCUT2D eigenvalue weighted by atomic mass is 16.7. The van der Waals surface area contributed by atoms with E-state index in [-0.39, 0.29) is 13.4 Å². The van der Waals surface area contributed by atoms with E-state index in [0.717, 1.165) is 17.4 Å². The average Bonchev–Trinajstić information content (AvgIpc) is 3.03. The van der Waals surface area contributed by atoms with E-state index < -0.39 is 12.3 Å². The van der Waals surface area contributed by atoms with E-state index in [2.05, 4.69) is 0 Å². The Kier molecular flexibility index (Phi) is 6.76. The number of carbonyl (C=O) groups excluding carboxylic acids is 2. The summed E-state index contributed by atoms with van der Waals surface area (Å²) in [6.07, 6.45) is 2.43. The van der Waals surface area contributed by atoms with Crippen molar-refractivity contribution in [2.45, 2.75) is 40.1 Å². The van der Waals surface area contributed by atoms with Gasteiger partial charge in [0.1, 0.15) is 30.0 Å². The van der Waals surface area contributed by atoms with Crippen LogP contribution < -0.4 is 9.47 Å². The van der Waals surface area contributed by atoms with Gasteiger partial charge in [0.15, 0.2) is 13.1 Å². The summed E-state index contributed by atoms with van der Waals surface area (Å²) >= 11 is 0. The summed E-state index contributed by atoms with van der Waals surface area (Å²) in [5.41, 5.74) is 3.17. The number of esters is 1. The van der Waals surface area contributed by atoms with E-state index in [1.807, 2.05) is 6.92 Å². The van der Waals surface area contributed by atoms with Crippen LogP contribution in [0, 0.1) is 6.92 Å². The molecule has 7 nitrogen and oxygen atoms in total. The highest BCUT2D eigenvalue weighted by molar-refractivity contribution is 5.98. The molecule has 7 heteroatoms. The number of aldehydes is 1. The van der Waals surface area contributed by atoms with E-state index in [9.17, 15) is 9.59 Å². The van der Waals surface area contributed by atoms with Crippen LogP contribution in [0.2, 0.25) is 0 Å². The number of ether oxygens (including phenoxy) is 5. The van der Waals surface area contributed by atoms with Crippen LogP contribution in [0.15, 0.2) is 11.6 Å². The molecule has 2 rings (SSSR count). The van der Waals surface area contributed by atoms with Crippen LogP contribution in [0.3, 0.4) is 0 Å². The minimum Gasteiger partial charge on any atom is -0.496 e. The molecule has 1 aromatic carbocycles. The zero-order chi connectivity index (χ0) is 19.3. The molecule has 0 saturated heterocycles. The Morgan fingerprint density at radius 1 is 1.31 bits per heavy atom. The molecule has 1 heterocycles. The minimum absolute atomic E-state index is 0.107. The Balaban J connectivity index is 2.51. The van der Waals surface area contributed by atoms with Crippen molar-refractivity contribution in [2.24, 2.45) is 0 Å². The van der Waals surface area contributed by atoms with Crippen LogP contribution in [0.5, 0.6) is 11.5 Å². The van der Waals surface area contributed by atoms with E-state index >= 15 is 0 Å². The summed E-state index contributed by atoms with van der Waals surface area (Å²) in [6, 6.07) is 0. The van der Waals surface area contributed by atoms with E-state index in [1.54, 1.807) is 27.0 Å². The summed E-state index contributed by atoms with van der Waals surface area (Å²) in [5, 5.41) is 0. The molecule has 0 bridgehead atoms. The largest absolute Gasteiger partial charge is 0.496 e. The van der Waals surface area contributed by atoms with Gasteiger partial charge in [0.05, 0.1) is 7.11 Å². The fraction of sp³-hybridized carbons (Fsp3) is 0.474. The van der Waals surface area contributed by atoms with Gasteiger partial charge >= 0.3 is 5.97 Å². The van der Waals surface area contributed by atoms with Crippen molar-refractivity contribution in [2.75, 3.05) is 21.0 Å². The number of methoxy groups -OCH3 is 2. The van der Waals surface area contributed by atoms with Crippen LogP contribution in [0.25, 0.3) is 0 Å². The van der Waals surface area contributed by atoms with Crippen molar-refractivity contribution < 1.29 is 33.3 Å². The number of hydrogen-bond acceptors (Lipinski definition) is 7. The van der Waals surface area contributed by atoms with Gasteiger partial charge in [-0.05, 0) is 38.3 Å². The normalized spacial score (nSPS) is 14.7. The molecule has 0 aromatic heterocycles. The molecular formula is C19H24O7. The molecule has 0 spiro atoms. The summed E-state index contributed by atoms with van der Waals surface area (Å²) in [7, 11) is 3.08. The van der Waals surface area contributed by atoms with Gasteiger partial charge in [-0.3, -0.25) is 4.79 Å². The van der Waals surface area contributed by atoms with Gasteiger partial charge in [-0.25, -0.2) is 4.79 Å². The van der Waals surface area contributed by atoms with Crippen LogP contribution in [0.4, 0.5) is 0 Å². The fourth-order valence-electron chi connectivity index (χ4n) is 2.74. The lowest BCUT2D eigenvalue weighted by molar-refractivity contribution is -0.149. The molecule has 1 atom stereocenters. The number of fused-ring (bicyclic) bond motifs is 1. The molecule has 0 aliphatic carbocycles. The summed E-state index contributed by atoms with van der Waals surface area (Å²) in [5.74, 6) is 0.507. The third-order valence-electron chi connectivity index (χ3n) is 4.28. The van der Waals surface area contributed by atoms with Gasteiger partial charge in [0, 0.05) is 18.2 Å². The summed E-state index contributed by atoms with van der Waals surface area (Å²) in [6.45, 7) is 5.37. The molecule has 1 aliphatic heterocycles. The maximum Gasteiger partial charge on any atom is 0.342 e. The molecule has 1 aromatic rings.